The first-order valence-corrected chi connectivity index (χ1v) is 9.73. The second-order valence-corrected chi connectivity index (χ2v) is 7.00. The van der Waals surface area contributed by atoms with Crippen LogP contribution in [0.1, 0.15) is 24.1 Å². The van der Waals surface area contributed by atoms with Gasteiger partial charge in [0.05, 0.1) is 32.0 Å². The molecule has 2 aliphatic heterocycles. The molecule has 3 N–H and O–H groups in total. The molecule has 0 fully saturated rings. The number of amides is 3. The van der Waals surface area contributed by atoms with Crippen LogP contribution in [0.2, 0.25) is 0 Å². The summed E-state index contributed by atoms with van der Waals surface area (Å²) in [5.41, 5.74) is 4.64. The van der Waals surface area contributed by atoms with Crippen LogP contribution in [0.25, 0.3) is 0 Å². The molecule has 0 radical (unpaired) electrons. The third-order valence-electron chi connectivity index (χ3n) is 5.03. The molecule has 0 aromatic heterocycles. The van der Waals surface area contributed by atoms with Gasteiger partial charge in [-0.05, 0) is 48.4 Å². The van der Waals surface area contributed by atoms with E-state index in [4.69, 9.17) is 18.9 Å². The lowest BCUT2D eigenvalue weighted by Crippen LogP contribution is -2.46. The quantitative estimate of drug-likeness (QED) is 0.470. The molecule has 2 aliphatic rings. The Balaban J connectivity index is 1.56. The van der Waals surface area contributed by atoms with Crippen molar-refractivity contribution in [1.82, 2.24) is 16.1 Å². The molecule has 32 heavy (non-hydrogen) atoms. The van der Waals surface area contributed by atoms with Gasteiger partial charge in [0.2, 0.25) is 6.79 Å². The Hall–Kier alpha value is -4.21. The lowest BCUT2D eigenvalue weighted by atomic mass is 9.94. The fraction of sp³-hybridized carbons (Fsp3) is 0.227. The number of hydrazone groups is 1. The fourth-order valence-electron chi connectivity index (χ4n) is 3.50. The van der Waals surface area contributed by atoms with Crippen LogP contribution >= 0.6 is 0 Å². The van der Waals surface area contributed by atoms with Crippen LogP contribution in [0.15, 0.2) is 52.8 Å². The minimum absolute atomic E-state index is 0.177. The van der Waals surface area contributed by atoms with Crippen LogP contribution in [0.3, 0.4) is 0 Å². The van der Waals surface area contributed by atoms with E-state index in [1.807, 2.05) is 0 Å². The molecule has 2 aromatic carbocycles. The highest BCUT2D eigenvalue weighted by Gasteiger charge is 2.31. The molecule has 0 bridgehead atoms. The Bertz CT molecular complexity index is 1130. The van der Waals surface area contributed by atoms with Gasteiger partial charge in [0.25, 0.3) is 5.91 Å². The first-order valence-electron chi connectivity index (χ1n) is 9.73. The third kappa shape index (κ3) is 4.15. The number of urea groups is 1. The van der Waals surface area contributed by atoms with Crippen LogP contribution < -0.4 is 35.0 Å². The van der Waals surface area contributed by atoms with E-state index in [0.29, 0.717) is 39.8 Å². The number of fused-ring (bicyclic) bond motifs is 1. The van der Waals surface area contributed by atoms with Crippen LogP contribution in [0.5, 0.6) is 23.0 Å². The monoisotopic (exact) mass is 438 g/mol. The average molecular weight is 438 g/mol. The largest absolute Gasteiger partial charge is 0.493 e. The normalized spacial score (nSPS) is 17.1. The molecule has 10 nitrogen and oxygen atoms in total. The lowest BCUT2D eigenvalue weighted by molar-refractivity contribution is -0.117. The summed E-state index contributed by atoms with van der Waals surface area (Å²) in [6.07, 6.45) is 1.50. The maximum absolute atomic E-state index is 13.0. The number of benzene rings is 2. The van der Waals surface area contributed by atoms with Gasteiger partial charge in [-0.15, -0.1) is 0 Å². The van der Waals surface area contributed by atoms with Gasteiger partial charge in [-0.2, -0.15) is 5.10 Å². The van der Waals surface area contributed by atoms with E-state index in [1.165, 1.54) is 20.4 Å². The average Bonchev–Trinajstić information content (AvgIpc) is 3.26. The van der Waals surface area contributed by atoms with E-state index in [9.17, 15) is 9.59 Å². The number of nitrogens with zero attached hydrogens (tertiary/aromatic N) is 1. The number of allylic oxidation sites excluding steroid dienone is 1. The SMILES string of the molecule is COc1ccc(C2NC(=O)NC(C)=C2C(=O)N/N=C/c2ccc3c(c2)OCO3)cc1OC. The number of ether oxygens (including phenoxy) is 4. The highest BCUT2D eigenvalue weighted by Crippen LogP contribution is 2.34. The summed E-state index contributed by atoms with van der Waals surface area (Å²) in [7, 11) is 3.05. The zero-order valence-corrected chi connectivity index (χ0v) is 17.7. The molecule has 0 saturated carbocycles. The van der Waals surface area contributed by atoms with E-state index in [-0.39, 0.29) is 6.79 Å². The Kier molecular flexibility index (Phi) is 5.84. The van der Waals surface area contributed by atoms with E-state index in [0.717, 1.165) is 5.56 Å². The Morgan fingerprint density at radius 1 is 1.12 bits per heavy atom. The number of carbonyl (C=O) groups is 2. The fourth-order valence-corrected chi connectivity index (χ4v) is 3.50. The maximum atomic E-state index is 13.0. The van der Waals surface area contributed by atoms with Crippen molar-refractivity contribution in [2.75, 3.05) is 21.0 Å². The van der Waals surface area contributed by atoms with Crippen LogP contribution in [0.4, 0.5) is 4.79 Å². The molecular formula is C22H22N4O6. The van der Waals surface area contributed by atoms with Gasteiger partial charge in [0.15, 0.2) is 23.0 Å². The van der Waals surface area contributed by atoms with E-state index >= 15 is 0 Å². The predicted octanol–water partition coefficient (Wildman–Crippen LogP) is 2.21. The molecular weight excluding hydrogens is 416 g/mol. The number of hydrogen-bond acceptors (Lipinski definition) is 7. The number of nitrogens with one attached hydrogen (secondary N) is 3. The van der Waals surface area contributed by atoms with Crippen LogP contribution in [0, 0.1) is 0 Å². The summed E-state index contributed by atoms with van der Waals surface area (Å²) in [5.74, 6) is 1.83. The summed E-state index contributed by atoms with van der Waals surface area (Å²) in [6.45, 7) is 1.83. The highest BCUT2D eigenvalue weighted by molar-refractivity contribution is 5.99. The van der Waals surface area contributed by atoms with Gasteiger partial charge in [-0.25, -0.2) is 10.2 Å². The summed E-state index contributed by atoms with van der Waals surface area (Å²) in [6, 6.07) is 9.39. The van der Waals surface area contributed by atoms with Crippen molar-refractivity contribution in [3.05, 3.63) is 58.8 Å². The second kappa shape index (κ2) is 8.88. The minimum atomic E-state index is -0.704. The Morgan fingerprint density at radius 2 is 1.91 bits per heavy atom. The number of carbonyl (C=O) groups excluding carboxylic acids is 2. The van der Waals surface area contributed by atoms with Gasteiger partial charge in [0, 0.05) is 5.70 Å². The van der Waals surface area contributed by atoms with Gasteiger partial charge in [-0.1, -0.05) is 6.07 Å². The highest BCUT2D eigenvalue weighted by atomic mass is 16.7. The first-order chi connectivity index (χ1) is 15.5. The Morgan fingerprint density at radius 3 is 2.69 bits per heavy atom. The lowest BCUT2D eigenvalue weighted by Gasteiger charge is -2.28. The zero-order chi connectivity index (χ0) is 22.7. The van der Waals surface area contributed by atoms with Gasteiger partial charge in [-0.3, -0.25) is 4.79 Å². The van der Waals surface area contributed by atoms with Crippen LogP contribution in [-0.2, 0) is 4.79 Å². The maximum Gasteiger partial charge on any atom is 0.319 e. The van der Waals surface area contributed by atoms with Crippen molar-refractivity contribution < 1.29 is 28.5 Å². The van der Waals surface area contributed by atoms with E-state index in [2.05, 4.69) is 21.2 Å². The van der Waals surface area contributed by atoms with Crippen molar-refractivity contribution in [3.8, 4) is 23.0 Å². The smallest absolute Gasteiger partial charge is 0.319 e. The van der Waals surface area contributed by atoms with E-state index in [1.54, 1.807) is 43.3 Å². The van der Waals surface area contributed by atoms with Crippen molar-refractivity contribution in [3.63, 3.8) is 0 Å². The third-order valence-corrected chi connectivity index (χ3v) is 5.03. The predicted molar refractivity (Wildman–Crippen MR) is 115 cm³/mol. The molecule has 1 atom stereocenters. The minimum Gasteiger partial charge on any atom is -0.493 e. The topological polar surface area (TPSA) is 120 Å². The molecule has 0 spiro atoms. The standard InChI is InChI=1S/C22H22N4O6/c1-12-19(21(27)26-23-10-13-4-6-16-18(8-13)32-11-31-16)20(25-22(28)24-12)14-5-7-15(29-2)17(9-14)30-3/h4-10,20H,11H2,1-3H3,(H,26,27)(H2,24,25,28)/b23-10+. The number of hydrogen-bond donors (Lipinski definition) is 3. The first kappa shape index (κ1) is 21.0. The van der Waals surface area contributed by atoms with E-state index < -0.39 is 18.0 Å². The molecule has 166 valence electrons. The molecule has 2 heterocycles. The molecule has 0 aliphatic carbocycles. The Labute approximate surface area is 184 Å². The summed E-state index contributed by atoms with van der Waals surface area (Å²) < 4.78 is 21.2. The molecule has 1 unspecified atom stereocenters. The van der Waals surface area contributed by atoms with Crippen LogP contribution in [-0.4, -0.2) is 39.2 Å². The van der Waals surface area contributed by atoms with Crippen molar-refractivity contribution in [2.24, 2.45) is 5.10 Å². The summed E-state index contributed by atoms with van der Waals surface area (Å²) >= 11 is 0. The number of rotatable bonds is 6. The summed E-state index contributed by atoms with van der Waals surface area (Å²) in [4.78, 5) is 25.1. The van der Waals surface area contributed by atoms with Gasteiger partial charge < -0.3 is 29.6 Å². The van der Waals surface area contributed by atoms with Crippen molar-refractivity contribution in [1.29, 1.82) is 0 Å². The zero-order valence-electron chi connectivity index (χ0n) is 17.7. The second-order valence-electron chi connectivity index (χ2n) is 7.00. The molecule has 3 amide bonds. The molecule has 4 rings (SSSR count). The van der Waals surface area contributed by atoms with Crippen molar-refractivity contribution in [2.45, 2.75) is 13.0 Å². The molecule has 2 aromatic rings. The number of methoxy groups -OCH3 is 2. The summed E-state index contributed by atoms with van der Waals surface area (Å²) in [5, 5.41) is 9.44. The van der Waals surface area contributed by atoms with Gasteiger partial charge in [0.1, 0.15) is 0 Å². The van der Waals surface area contributed by atoms with Gasteiger partial charge >= 0.3 is 6.03 Å². The molecule has 10 heteroatoms. The molecule has 0 saturated heterocycles. The van der Waals surface area contributed by atoms with Crippen molar-refractivity contribution >= 4 is 18.2 Å².